The number of aromatic nitrogens is 1. The quantitative estimate of drug-likeness (QED) is 0.575. The van der Waals surface area contributed by atoms with Crippen molar-refractivity contribution in [2.24, 2.45) is 7.05 Å². The van der Waals surface area contributed by atoms with Crippen LogP contribution in [-0.2, 0) is 25.0 Å². The molecule has 1 aliphatic rings. The summed E-state index contributed by atoms with van der Waals surface area (Å²) >= 11 is 0. The van der Waals surface area contributed by atoms with Crippen LogP contribution in [-0.4, -0.2) is 4.57 Å². The van der Waals surface area contributed by atoms with E-state index >= 15 is 0 Å². The Morgan fingerprint density at radius 3 is 2.79 bits per heavy atom. The molecule has 0 fully saturated rings. The van der Waals surface area contributed by atoms with Crippen LogP contribution in [0.3, 0.4) is 0 Å². The lowest BCUT2D eigenvalue weighted by atomic mass is 9.98. The number of aryl methyl sites for hydroxylation is 1. The maximum atomic E-state index is 12.5. The zero-order valence-electron chi connectivity index (χ0n) is 10.6. The second kappa shape index (κ2) is 3.68. The van der Waals surface area contributed by atoms with Gasteiger partial charge in [-0.3, -0.25) is 4.79 Å². The molecule has 3 nitrogen and oxygen atoms in total. The Labute approximate surface area is 110 Å². The van der Waals surface area contributed by atoms with Crippen LogP contribution in [0.4, 0.5) is 0 Å². The van der Waals surface area contributed by atoms with E-state index in [1.54, 1.807) is 4.57 Å². The fourth-order valence-electron chi connectivity index (χ4n) is 3.01. The molecule has 0 spiro atoms. The maximum absolute atomic E-state index is 12.5. The highest BCUT2D eigenvalue weighted by Crippen LogP contribution is 2.31. The fourth-order valence-corrected chi connectivity index (χ4v) is 3.01. The Morgan fingerprint density at radius 2 is 1.89 bits per heavy atom. The monoisotopic (exact) mass is 251 g/mol. The van der Waals surface area contributed by atoms with Crippen molar-refractivity contribution in [3.05, 3.63) is 57.9 Å². The first-order valence-corrected chi connectivity index (χ1v) is 6.37. The largest absolute Gasteiger partial charge is 0.372 e. The summed E-state index contributed by atoms with van der Waals surface area (Å²) < 4.78 is 7.26. The van der Waals surface area contributed by atoms with Crippen LogP contribution in [0.15, 0.2) is 41.2 Å². The minimum absolute atomic E-state index is 0.0587. The zero-order valence-corrected chi connectivity index (χ0v) is 10.6. The van der Waals surface area contributed by atoms with Gasteiger partial charge in [-0.15, -0.1) is 0 Å². The first-order valence-electron chi connectivity index (χ1n) is 6.37. The number of benzene rings is 2. The Hall–Kier alpha value is -2.13. The molecule has 0 atom stereocenters. The molecule has 0 radical (unpaired) electrons. The van der Waals surface area contributed by atoms with E-state index in [2.05, 4.69) is 6.07 Å². The van der Waals surface area contributed by atoms with Gasteiger partial charge in [-0.1, -0.05) is 24.3 Å². The van der Waals surface area contributed by atoms with Gasteiger partial charge in [0.1, 0.15) is 0 Å². The maximum Gasteiger partial charge on any atom is 0.258 e. The highest BCUT2D eigenvalue weighted by atomic mass is 16.5. The molecule has 0 unspecified atom stereocenters. The SMILES string of the molecule is Cn1c(=O)c2ccc3c(c2c2ccccc21)COC3. The molecule has 0 saturated heterocycles. The molecule has 2 heterocycles. The third-order valence-electron chi connectivity index (χ3n) is 3.98. The molecular weight excluding hydrogens is 238 g/mol. The van der Waals surface area contributed by atoms with Gasteiger partial charge < -0.3 is 9.30 Å². The van der Waals surface area contributed by atoms with Gasteiger partial charge in [0.05, 0.1) is 18.7 Å². The second-order valence-electron chi connectivity index (χ2n) is 5.00. The predicted molar refractivity (Wildman–Crippen MR) is 75.2 cm³/mol. The number of para-hydroxylation sites is 1. The molecule has 0 N–H and O–H groups in total. The van der Waals surface area contributed by atoms with Crippen molar-refractivity contribution in [1.82, 2.24) is 4.57 Å². The van der Waals surface area contributed by atoms with Gasteiger partial charge in [0.15, 0.2) is 0 Å². The van der Waals surface area contributed by atoms with Crippen LogP contribution < -0.4 is 5.56 Å². The highest BCUT2D eigenvalue weighted by Gasteiger charge is 2.18. The molecule has 0 amide bonds. The van der Waals surface area contributed by atoms with Crippen LogP contribution in [0.1, 0.15) is 11.1 Å². The van der Waals surface area contributed by atoms with Gasteiger partial charge >= 0.3 is 0 Å². The Morgan fingerprint density at radius 1 is 1.05 bits per heavy atom. The number of pyridine rings is 1. The number of hydrogen-bond donors (Lipinski definition) is 0. The lowest BCUT2D eigenvalue weighted by Gasteiger charge is -2.11. The van der Waals surface area contributed by atoms with E-state index in [0.717, 1.165) is 21.7 Å². The predicted octanol–water partition coefficient (Wildman–Crippen LogP) is 2.72. The number of hydrogen-bond acceptors (Lipinski definition) is 2. The highest BCUT2D eigenvalue weighted by molar-refractivity contribution is 6.07. The van der Waals surface area contributed by atoms with Gasteiger partial charge in [0.2, 0.25) is 0 Å². The lowest BCUT2D eigenvalue weighted by molar-refractivity contribution is 0.135. The van der Waals surface area contributed by atoms with E-state index in [1.807, 2.05) is 37.4 Å². The number of rotatable bonds is 0. The molecule has 0 saturated carbocycles. The summed E-state index contributed by atoms with van der Waals surface area (Å²) in [5.74, 6) is 0. The van der Waals surface area contributed by atoms with Crippen LogP contribution in [0.25, 0.3) is 21.7 Å². The molecular formula is C16H13NO2. The number of ether oxygens (including phenoxy) is 1. The van der Waals surface area contributed by atoms with E-state index in [9.17, 15) is 4.79 Å². The van der Waals surface area contributed by atoms with E-state index in [4.69, 9.17) is 4.74 Å². The normalized spacial score (nSPS) is 14.2. The van der Waals surface area contributed by atoms with E-state index in [1.165, 1.54) is 11.1 Å². The summed E-state index contributed by atoms with van der Waals surface area (Å²) in [6.07, 6.45) is 0. The Bertz CT molecular complexity index is 877. The van der Waals surface area contributed by atoms with Crippen LogP contribution in [0.5, 0.6) is 0 Å². The Balaban J connectivity index is 2.37. The van der Waals surface area contributed by atoms with Crippen LogP contribution >= 0.6 is 0 Å². The zero-order chi connectivity index (χ0) is 13.0. The smallest absolute Gasteiger partial charge is 0.258 e. The lowest BCUT2D eigenvalue weighted by Crippen LogP contribution is -2.17. The van der Waals surface area contributed by atoms with E-state index in [-0.39, 0.29) is 5.56 Å². The van der Waals surface area contributed by atoms with Gasteiger partial charge in [-0.05, 0) is 23.3 Å². The Kier molecular flexibility index (Phi) is 2.09. The van der Waals surface area contributed by atoms with Crippen molar-refractivity contribution in [2.75, 3.05) is 0 Å². The minimum Gasteiger partial charge on any atom is -0.372 e. The van der Waals surface area contributed by atoms with Crippen LogP contribution in [0.2, 0.25) is 0 Å². The summed E-state index contributed by atoms with van der Waals surface area (Å²) in [7, 11) is 1.83. The van der Waals surface area contributed by atoms with Crippen molar-refractivity contribution in [2.45, 2.75) is 13.2 Å². The summed E-state index contributed by atoms with van der Waals surface area (Å²) in [4.78, 5) is 12.5. The van der Waals surface area contributed by atoms with Crippen LogP contribution in [0, 0.1) is 0 Å². The molecule has 1 aromatic heterocycles. The van der Waals surface area contributed by atoms with Crippen molar-refractivity contribution in [3.63, 3.8) is 0 Å². The number of fused-ring (bicyclic) bond motifs is 5. The average molecular weight is 251 g/mol. The third-order valence-corrected chi connectivity index (χ3v) is 3.98. The molecule has 2 aromatic carbocycles. The molecule has 0 aliphatic carbocycles. The van der Waals surface area contributed by atoms with Crippen molar-refractivity contribution in [1.29, 1.82) is 0 Å². The fraction of sp³-hybridized carbons (Fsp3) is 0.188. The van der Waals surface area contributed by atoms with Gasteiger partial charge in [-0.2, -0.15) is 0 Å². The average Bonchev–Trinajstić information content (AvgIpc) is 2.92. The minimum atomic E-state index is 0.0587. The molecule has 94 valence electrons. The second-order valence-corrected chi connectivity index (χ2v) is 5.00. The molecule has 4 rings (SSSR count). The molecule has 3 heteroatoms. The standard InChI is InChI=1S/C16H13NO2/c1-17-14-5-3-2-4-11(14)15-12(16(17)18)7-6-10-8-19-9-13(10)15/h2-7H,8-9H2,1H3. The molecule has 19 heavy (non-hydrogen) atoms. The summed E-state index contributed by atoms with van der Waals surface area (Å²) in [5, 5.41) is 2.97. The first kappa shape index (κ1) is 10.8. The number of nitrogens with zero attached hydrogens (tertiary/aromatic N) is 1. The van der Waals surface area contributed by atoms with Gasteiger partial charge in [0, 0.05) is 23.2 Å². The van der Waals surface area contributed by atoms with Crippen molar-refractivity contribution >= 4 is 21.7 Å². The topological polar surface area (TPSA) is 31.2 Å². The van der Waals surface area contributed by atoms with E-state index < -0.39 is 0 Å². The van der Waals surface area contributed by atoms with Crippen molar-refractivity contribution < 1.29 is 4.74 Å². The summed E-state index contributed by atoms with van der Waals surface area (Å²) in [6, 6.07) is 12.0. The van der Waals surface area contributed by atoms with Gasteiger partial charge in [-0.25, -0.2) is 0 Å². The molecule has 1 aliphatic heterocycles. The first-order chi connectivity index (χ1) is 9.27. The van der Waals surface area contributed by atoms with Crippen molar-refractivity contribution in [3.8, 4) is 0 Å². The molecule has 0 bridgehead atoms. The summed E-state index contributed by atoms with van der Waals surface area (Å²) in [5.41, 5.74) is 3.40. The van der Waals surface area contributed by atoms with Gasteiger partial charge in [0.25, 0.3) is 5.56 Å². The molecule has 3 aromatic rings. The third kappa shape index (κ3) is 1.33. The van der Waals surface area contributed by atoms with E-state index in [0.29, 0.717) is 13.2 Å². The summed E-state index contributed by atoms with van der Waals surface area (Å²) in [6.45, 7) is 1.25.